The van der Waals surface area contributed by atoms with E-state index in [-0.39, 0.29) is 57.0 Å². The molecule has 192 valence electrons. The highest BCUT2D eigenvalue weighted by molar-refractivity contribution is 6.10. The summed E-state index contributed by atoms with van der Waals surface area (Å²) in [5.41, 5.74) is 4.09. The van der Waals surface area contributed by atoms with E-state index in [4.69, 9.17) is 9.72 Å². The van der Waals surface area contributed by atoms with Gasteiger partial charge in [-0.3, -0.25) is 9.59 Å². The van der Waals surface area contributed by atoms with Gasteiger partial charge in [0, 0.05) is 30.9 Å². The third-order valence-corrected chi connectivity index (χ3v) is 7.47. The minimum Gasteiger partial charge on any atom is -0.447 e. The number of ether oxygens (including phenoxy) is 1. The monoisotopic (exact) mass is 494 g/mol. The van der Waals surface area contributed by atoms with Gasteiger partial charge in [0.2, 0.25) is 5.91 Å². The second kappa shape index (κ2) is 9.35. The lowest BCUT2D eigenvalue weighted by atomic mass is 9.74. The standard InChI is InChI=1S/C27H34N4O5/c1-17(2)36-26(35)29-15-27(16-29)20-9-8-18(3)12-23(20)31(25(27)34)14-24-28-21-6-4-5-7-22(21)30(24)13-19(33)10-11-32/h8-9,12,17,32H,4-7,10-11,13-16H2,1-3H3. The van der Waals surface area contributed by atoms with E-state index < -0.39 is 11.5 Å². The Morgan fingerprint density at radius 2 is 1.94 bits per heavy atom. The molecule has 0 radical (unpaired) electrons. The van der Waals surface area contributed by atoms with Gasteiger partial charge in [-0.25, -0.2) is 9.78 Å². The summed E-state index contributed by atoms with van der Waals surface area (Å²) in [7, 11) is 0. The second-order valence-corrected chi connectivity index (χ2v) is 10.5. The van der Waals surface area contributed by atoms with Crippen molar-refractivity contribution in [3.05, 3.63) is 46.5 Å². The number of hydrogen-bond acceptors (Lipinski definition) is 6. The van der Waals surface area contributed by atoms with Gasteiger partial charge < -0.3 is 24.2 Å². The second-order valence-electron chi connectivity index (χ2n) is 10.5. The predicted octanol–water partition coefficient (Wildman–Crippen LogP) is 2.67. The van der Waals surface area contributed by atoms with Crippen LogP contribution in [0.15, 0.2) is 18.2 Å². The topological polar surface area (TPSA) is 105 Å². The summed E-state index contributed by atoms with van der Waals surface area (Å²) in [5, 5.41) is 9.24. The number of carbonyl (C=O) groups excluding carboxylic acids is 3. The van der Waals surface area contributed by atoms with Gasteiger partial charge in [0.25, 0.3) is 0 Å². The van der Waals surface area contributed by atoms with Crippen LogP contribution in [-0.4, -0.2) is 63.1 Å². The maximum Gasteiger partial charge on any atom is 0.410 e. The van der Waals surface area contributed by atoms with Crippen LogP contribution in [0.1, 0.15) is 61.4 Å². The molecule has 2 amide bonds. The summed E-state index contributed by atoms with van der Waals surface area (Å²) in [4.78, 5) is 47.1. The number of aliphatic hydroxyl groups is 1. The molecule has 9 nitrogen and oxygen atoms in total. The van der Waals surface area contributed by atoms with Gasteiger partial charge in [-0.2, -0.15) is 0 Å². The normalized spacial score (nSPS) is 17.9. The van der Waals surface area contributed by atoms with Crippen LogP contribution < -0.4 is 4.90 Å². The molecule has 0 bridgehead atoms. The first-order valence-corrected chi connectivity index (χ1v) is 12.8. The Morgan fingerprint density at radius 1 is 1.19 bits per heavy atom. The van der Waals surface area contributed by atoms with Gasteiger partial charge in [0.05, 0.1) is 31.5 Å². The average molecular weight is 495 g/mol. The number of aryl methyl sites for hydroxylation is 2. The van der Waals surface area contributed by atoms with E-state index in [1.807, 2.05) is 29.7 Å². The van der Waals surface area contributed by atoms with Crippen molar-refractivity contribution in [2.45, 2.75) is 77.5 Å². The number of rotatable bonds is 7. The number of hydrogen-bond donors (Lipinski definition) is 1. The summed E-state index contributed by atoms with van der Waals surface area (Å²) in [6.45, 7) is 6.40. The van der Waals surface area contributed by atoms with Crippen molar-refractivity contribution in [1.29, 1.82) is 0 Å². The Balaban J connectivity index is 1.47. The molecule has 2 aliphatic heterocycles. The largest absolute Gasteiger partial charge is 0.447 e. The van der Waals surface area contributed by atoms with Gasteiger partial charge in [0.1, 0.15) is 11.2 Å². The number of aromatic nitrogens is 2. The number of ketones is 1. The Bertz CT molecular complexity index is 1210. The number of anilines is 1. The van der Waals surface area contributed by atoms with E-state index in [9.17, 15) is 19.5 Å². The molecule has 0 saturated carbocycles. The molecule has 1 spiro atoms. The molecule has 1 fully saturated rings. The van der Waals surface area contributed by atoms with E-state index >= 15 is 0 Å². The molecule has 36 heavy (non-hydrogen) atoms. The molecule has 3 heterocycles. The highest BCUT2D eigenvalue weighted by atomic mass is 16.6. The molecular weight excluding hydrogens is 460 g/mol. The maximum absolute atomic E-state index is 14.0. The van der Waals surface area contributed by atoms with Crippen molar-refractivity contribution in [3.63, 3.8) is 0 Å². The fourth-order valence-corrected chi connectivity index (χ4v) is 5.71. The summed E-state index contributed by atoms with van der Waals surface area (Å²) in [6.07, 6.45) is 3.30. The van der Waals surface area contributed by atoms with E-state index in [2.05, 4.69) is 0 Å². The van der Waals surface area contributed by atoms with E-state index in [1.54, 1.807) is 23.6 Å². The first-order chi connectivity index (χ1) is 17.2. The zero-order valence-corrected chi connectivity index (χ0v) is 21.2. The molecule has 3 aliphatic rings. The molecule has 1 aliphatic carbocycles. The van der Waals surface area contributed by atoms with Crippen molar-refractivity contribution in [2.24, 2.45) is 0 Å². The number of imidazole rings is 1. The molecule has 5 rings (SSSR count). The van der Waals surface area contributed by atoms with E-state index in [1.165, 1.54) is 0 Å². The van der Waals surface area contributed by atoms with E-state index in [0.29, 0.717) is 5.82 Å². The van der Waals surface area contributed by atoms with Crippen LogP contribution in [0.25, 0.3) is 0 Å². The number of likely N-dealkylation sites (tertiary alicyclic amines) is 1. The predicted molar refractivity (Wildman–Crippen MR) is 133 cm³/mol. The maximum atomic E-state index is 14.0. The minimum absolute atomic E-state index is 0.0501. The molecule has 1 N–H and O–H groups in total. The van der Waals surface area contributed by atoms with Crippen molar-refractivity contribution >= 4 is 23.5 Å². The lowest BCUT2D eigenvalue weighted by molar-refractivity contribution is -0.128. The SMILES string of the molecule is Cc1ccc2c(c1)N(Cc1nc3c(n1CC(=O)CCO)CCCC3)C(=O)C21CN(C(=O)OC(C)C)C1. The fraction of sp³-hybridized carbons (Fsp3) is 0.556. The summed E-state index contributed by atoms with van der Waals surface area (Å²) < 4.78 is 7.31. The molecule has 1 saturated heterocycles. The Hall–Kier alpha value is -3.20. The molecule has 9 heteroatoms. The lowest BCUT2D eigenvalue weighted by Gasteiger charge is -2.46. The van der Waals surface area contributed by atoms with Crippen LogP contribution in [0, 0.1) is 6.92 Å². The van der Waals surface area contributed by atoms with Crippen molar-refractivity contribution < 1.29 is 24.2 Å². The van der Waals surface area contributed by atoms with Crippen molar-refractivity contribution in [2.75, 3.05) is 24.6 Å². The zero-order valence-electron chi connectivity index (χ0n) is 21.2. The lowest BCUT2D eigenvalue weighted by Crippen LogP contribution is -2.65. The van der Waals surface area contributed by atoms with Gasteiger partial charge in [0.15, 0.2) is 5.78 Å². The number of benzene rings is 1. The molecule has 1 aromatic heterocycles. The number of amides is 2. The van der Waals surface area contributed by atoms with Crippen LogP contribution in [0.5, 0.6) is 0 Å². The van der Waals surface area contributed by atoms with E-state index in [0.717, 1.165) is 53.9 Å². The van der Waals surface area contributed by atoms with Crippen LogP contribution in [0.2, 0.25) is 0 Å². The third-order valence-electron chi connectivity index (χ3n) is 7.47. The van der Waals surface area contributed by atoms with Gasteiger partial charge in [-0.1, -0.05) is 12.1 Å². The highest BCUT2D eigenvalue weighted by Crippen LogP contribution is 2.48. The number of nitrogens with zero attached hydrogens (tertiary/aromatic N) is 4. The fourth-order valence-electron chi connectivity index (χ4n) is 5.71. The molecule has 1 aromatic carbocycles. The smallest absolute Gasteiger partial charge is 0.410 e. The number of fused-ring (bicyclic) bond motifs is 3. The Labute approximate surface area is 211 Å². The number of aliphatic hydroxyl groups excluding tert-OH is 1. The van der Waals surface area contributed by atoms with Gasteiger partial charge >= 0.3 is 6.09 Å². The quantitative estimate of drug-likeness (QED) is 0.635. The number of carbonyl (C=O) groups is 3. The average Bonchev–Trinajstić information content (AvgIpc) is 3.25. The summed E-state index contributed by atoms with van der Waals surface area (Å²) in [5.74, 6) is 0.593. The Kier molecular flexibility index (Phi) is 6.36. The minimum atomic E-state index is -0.789. The van der Waals surface area contributed by atoms with Crippen LogP contribution in [0.3, 0.4) is 0 Å². The molecule has 2 aromatic rings. The van der Waals surface area contributed by atoms with Crippen LogP contribution >= 0.6 is 0 Å². The first kappa shape index (κ1) is 24.5. The first-order valence-electron chi connectivity index (χ1n) is 12.8. The van der Waals surface area contributed by atoms with Crippen molar-refractivity contribution in [3.8, 4) is 0 Å². The zero-order chi connectivity index (χ0) is 25.6. The van der Waals surface area contributed by atoms with Crippen LogP contribution in [0.4, 0.5) is 10.5 Å². The number of Topliss-reactive ketones (excluding diaryl/α,β-unsaturated/α-hetero) is 1. The third kappa shape index (κ3) is 4.09. The highest BCUT2D eigenvalue weighted by Gasteiger charge is 2.59. The van der Waals surface area contributed by atoms with Gasteiger partial charge in [-0.05, 0) is 63.6 Å². The molecular formula is C27H34N4O5. The van der Waals surface area contributed by atoms with Crippen LogP contribution in [-0.2, 0) is 45.7 Å². The Morgan fingerprint density at radius 3 is 2.67 bits per heavy atom. The van der Waals surface area contributed by atoms with Gasteiger partial charge in [-0.15, -0.1) is 0 Å². The van der Waals surface area contributed by atoms with Crippen molar-refractivity contribution in [1.82, 2.24) is 14.5 Å². The molecule has 0 unspecified atom stereocenters. The summed E-state index contributed by atoms with van der Waals surface area (Å²) >= 11 is 0. The summed E-state index contributed by atoms with van der Waals surface area (Å²) in [6, 6.07) is 6.01. The molecule has 0 atom stereocenters.